The van der Waals surface area contributed by atoms with Gasteiger partial charge in [-0.15, -0.1) is 0 Å². The second-order valence-corrected chi connectivity index (χ2v) is 3.85. The molecule has 0 unspecified atom stereocenters. The zero-order valence-corrected chi connectivity index (χ0v) is 9.87. The van der Waals surface area contributed by atoms with Gasteiger partial charge in [0, 0.05) is 5.56 Å². The normalized spacial score (nSPS) is 10.0. The highest BCUT2D eigenvalue weighted by Crippen LogP contribution is 2.29. The van der Waals surface area contributed by atoms with Crippen molar-refractivity contribution in [2.45, 2.75) is 6.42 Å². The minimum absolute atomic E-state index is 0.00310. The predicted molar refractivity (Wildman–Crippen MR) is 69.6 cm³/mol. The van der Waals surface area contributed by atoms with Crippen molar-refractivity contribution < 1.29 is 14.6 Å². The van der Waals surface area contributed by atoms with Crippen molar-refractivity contribution in [1.29, 1.82) is 0 Å². The summed E-state index contributed by atoms with van der Waals surface area (Å²) in [4.78, 5) is 10.5. The van der Waals surface area contributed by atoms with E-state index < -0.39 is 5.97 Å². The molecule has 0 atom stereocenters. The summed E-state index contributed by atoms with van der Waals surface area (Å²) in [6.45, 7) is 0.180. The van der Waals surface area contributed by atoms with Gasteiger partial charge < -0.3 is 9.84 Å². The lowest BCUT2D eigenvalue weighted by Gasteiger charge is -2.10. The Labute approximate surface area is 106 Å². The van der Waals surface area contributed by atoms with E-state index in [0.29, 0.717) is 5.75 Å². The average molecular weight is 242 g/mol. The van der Waals surface area contributed by atoms with Crippen molar-refractivity contribution >= 4 is 5.97 Å². The van der Waals surface area contributed by atoms with Crippen LogP contribution in [-0.2, 0) is 4.79 Å². The number of carbonyl (C=O) groups is 1. The molecule has 0 bridgehead atoms. The Kier molecular flexibility index (Phi) is 3.97. The molecule has 2 rings (SSSR count). The maximum atomic E-state index is 10.5. The van der Waals surface area contributed by atoms with Gasteiger partial charge in [-0.05, 0) is 11.6 Å². The van der Waals surface area contributed by atoms with E-state index in [4.69, 9.17) is 9.84 Å². The zero-order valence-electron chi connectivity index (χ0n) is 9.87. The topological polar surface area (TPSA) is 46.5 Å². The van der Waals surface area contributed by atoms with E-state index in [1.807, 2.05) is 54.6 Å². The van der Waals surface area contributed by atoms with Crippen LogP contribution in [0.5, 0.6) is 5.75 Å². The molecule has 0 aromatic heterocycles. The molecule has 0 fully saturated rings. The fraction of sp³-hybridized carbons (Fsp3) is 0.133. The number of carboxylic acid groups (broad SMARTS) is 1. The Morgan fingerprint density at radius 2 is 1.67 bits per heavy atom. The molecule has 2 aromatic rings. The van der Waals surface area contributed by atoms with E-state index in [9.17, 15) is 4.79 Å². The molecule has 0 aliphatic rings. The van der Waals surface area contributed by atoms with Crippen molar-refractivity contribution in [3.63, 3.8) is 0 Å². The zero-order chi connectivity index (χ0) is 12.8. The molecule has 0 spiro atoms. The SMILES string of the molecule is O=C(O)CCOc1ccccc1-c1ccccc1. The van der Waals surface area contributed by atoms with E-state index in [1.54, 1.807) is 0 Å². The highest BCUT2D eigenvalue weighted by Gasteiger charge is 2.05. The van der Waals surface area contributed by atoms with Crippen LogP contribution in [0, 0.1) is 0 Å². The summed E-state index contributed by atoms with van der Waals surface area (Å²) in [5, 5.41) is 8.60. The Bertz CT molecular complexity index is 520. The van der Waals surface area contributed by atoms with Gasteiger partial charge >= 0.3 is 5.97 Å². The van der Waals surface area contributed by atoms with Crippen molar-refractivity contribution in [3.8, 4) is 16.9 Å². The third-order valence-corrected chi connectivity index (χ3v) is 2.55. The first-order valence-corrected chi connectivity index (χ1v) is 5.76. The second-order valence-electron chi connectivity index (χ2n) is 3.85. The van der Waals surface area contributed by atoms with Gasteiger partial charge in [0.15, 0.2) is 0 Å². The maximum Gasteiger partial charge on any atom is 0.306 e. The number of benzene rings is 2. The summed E-state index contributed by atoms with van der Waals surface area (Å²) < 4.78 is 5.52. The van der Waals surface area contributed by atoms with Crippen LogP contribution in [0.3, 0.4) is 0 Å². The van der Waals surface area contributed by atoms with E-state index in [2.05, 4.69) is 0 Å². The average Bonchev–Trinajstić information content (AvgIpc) is 2.40. The van der Waals surface area contributed by atoms with Crippen LogP contribution in [-0.4, -0.2) is 17.7 Å². The number of hydrogen-bond acceptors (Lipinski definition) is 2. The third kappa shape index (κ3) is 3.10. The molecule has 2 aromatic carbocycles. The Morgan fingerprint density at radius 3 is 2.39 bits per heavy atom. The molecule has 0 heterocycles. The number of para-hydroxylation sites is 1. The largest absolute Gasteiger partial charge is 0.492 e. The molecule has 92 valence electrons. The van der Waals surface area contributed by atoms with Crippen LogP contribution in [0.2, 0.25) is 0 Å². The van der Waals surface area contributed by atoms with Crippen molar-refractivity contribution in [2.75, 3.05) is 6.61 Å². The van der Waals surface area contributed by atoms with Crippen LogP contribution in [0.15, 0.2) is 54.6 Å². The van der Waals surface area contributed by atoms with Crippen LogP contribution >= 0.6 is 0 Å². The van der Waals surface area contributed by atoms with E-state index in [1.165, 1.54) is 0 Å². The molecule has 0 saturated carbocycles. The lowest BCUT2D eigenvalue weighted by molar-refractivity contribution is -0.137. The van der Waals surface area contributed by atoms with E-state index in [-0.39, 0.29) is 13.0 Å². The minimum Gasteiger partial charge on any atom is -0.492 e. The second kappa shape index (κ2) is 5.87. The van der Waals surface area contributed by atoms with Crippen LogP contribution < -0.4 is 4.74 Å². The van der Waals surface area contributed by atoms with Gasteiger partial charge in [-0.1, -0.05) is 48.5 Å². The minimum atomic E-state index is -0.854. The summed E-state index contributed by atoms with van der Waals surface area (Å²) in [7, 11) is 0. The lowest BCUT2D eigenvalue weighted by atomic mass is 10.1. The number of rotatable bonds is 5. The molecule has 3 heteroatoms. The van der Waals surface area contributed by atoms with Gasteiger partial charge in [-0.3, -0.25) is 4.79 Å². The highest BCUT2D eigenvalue weighted by molar-refractivity contribution is 5.70. The van der Waals surface area contributed by atoms with Gasteiger partial charge in [-0.2, -0.15) is 0 Å². The van der Waals surface area contributed by atoms with Gasteiger partial charge in [-0.25, -0.2) is 0 Å². The summed E-state index contributed by atoms with van der Waals surface area (Å²) in [5.41, 5.74) is 2.03. The number of hydrogen-bond donors (Lipinski definition) is 1. The monoisotopic (exact) mass is 242 g/mol. The number of carboxylic acids is 1. The van der Waals surface area contributed by atoms with Crippen LogP contribution in [0.25, 0.3) is 11.1 Å². The van der Waals surface area contributed by atoms with Crippen molar-refractivity contribution in [1.82, 2.24) is 0 Å². The Morgan fingerprint density at radius 1 is 1.00 bits per heavy atom. The van der Waals surface area contributed by atoms with Gasteiger partial charge in [0.1, 0.15) is 5.75 Å². The number of ether oxygens (including phenoxy) is 1. The predicted octanol–water partition coefficient (Wildman–Crippen LogP) is 3.21. The first-order valence-electron chi connectivity index (χ1n) is 5.76. The molecule has 0 radical (unpaired) electrons. The smallest absolute Gasteiger partial charge is 0.306 e. The standard InChI is InChI=1S/C15H14O3/c16-15(17)10-11-18-14-9-5-4-8-13(14)12-6-2-1-3-7-12/h1-9H,10-11H2,(H,16,17). The molecule has 0 aliphatic carbocycles. The van der Waals surface area contributed by atoms with Gasteiger partial charge in [0.25, 0.3) is 0 Å². The van der Waals surface area contributed by atoms with Gasteiger partial charge in [0.05, 0.1) is 13.0 Å². The van der Waals surface area contributed by atoms with Crippen LogP contribution in [0.4, 0.5) is 0 Å². The summed E-state index contributed by atoms with van der Waals surface area (Å²) in [6.07, 6.45) is 0.00310. The summed E-state index contributed by atoms with van der Waals surface area (Å²) >= 11 is 0. The Balaban J connectivity index is 2.18. The summed E-state index contributed by atoms with van der Waals surface area (Å²) in [6, 6.07) is 17.5. The first kappa shape index (κ1) is 12.2. The number of aliphatic carboxylic acids is 1. The van der Waals surface area contributed by atoms with E-state index in [0.717, 1.165) is 11.1 Å². The molecular weight excluding hydrogens is 228 g/mol. The highest BCUT2D eigenvalue weighted by atomic mass is 16.5. The first-order chi connectivity index (χ1) is 8.77. The fourth-order valence-corrected chi connectivity index (χ4v) is 1.70. The maximum absolute atomic E-state index is 10.5. The molecule has 3 nitrogen and oxygen atoms in total. The molecule has 0 amide bonds. The molecule has 1 N–H and O–H groups in total. The third-order valence-electron chi connectivity index (χ3n) is 2.55. The van der Waals surface area contributed by atoms with Crippen LogP contribution in [0.1, 0.15) is 6.42 Å². The molecule has 0 aliphatic heterocycles. The quantitative estimate of drug-likeness (QED) is 0.875. The van der Waals surface area contributed by atoms with Gasteiger partial charge in [0.2, 0.25) is 0 Å². The lowest BCUT2D eigenvalue weighted by Crippen LogP contribution is -2.05. The molecule has 18 heavy (non-hydrogen) atoms. The summed E-state index contributed by atoms with van der Waals surface area (Å²) in [5.74, 6) is -0.142. The molecule has 0 saturated heterocycles. The van der Waals surface area contributed by atoms with Crippen molar-refractivity contribution in [3.05, 3.63) is 54.6 Å². The van der Waals surface area contributed by atoms with E-state index >= 15 is 0 Å². The Hall–Kier alpha value is -2.29. The fourth-order valence-electron chi connectivity index (χ4n) is 1.70. The molecular formula is C15H14O3. The van der Waals surface area contributed by atoms with Crippen molar-refractivity contribution in [2.24, 2.45) is 0 Å².